The van der Waals surface area contributed by atoms with E-state index < -0.39 is 0 Å². The van der Waals surface area contributed by atoms with E-state index in [4.69, 9.17) is 10.9 Å². The third-order valence-electron chi connectivity index (χ3n) is 1.78. The van der Waals surface area contributed by atoms with Crippen LogP contribution in [0.25, 0.3) is 0 Å². The summed E-state index contributed by atoms with van der Waals surface area (Å²) in [7, 11) is 3.80. The number of nitrogens with two attached hydrogens (primary N) is 1. The fraction of sp³-hybridized carbons (Fsp3) is 0.308. The lowest BCUT2D eigenvalue weighted by Gasteiger charge is -2.12. The van der Waals surface area contributed by atoms with Crippen molar-refractivity contribution in [2.24, 2.45) is 10.9 Å². The summed E-state index contributed by atoms with van der Waals surface area (Å²) in [5.74, 6) is 0.0309. The third-order valence-corrected chi connectivity index (χ3v) is 1.78. The molecular formula is C13H23N3O. The van der Waals surface area contributed by atoms with Gasteiger partial charge >= 0.3 is 0 Å². The van der Waals surface area contributed by atoms with Gasteiger partial charge in [0.15, 0.2) is 5.84 Å². The van der Waals surface area contributed by atoms with Crippen molar-refractivity contribution in [3.63, 3.8) is 0 Å². The Hall–Kier alpha value is -1.97. The second kappa shape index (κ2) is 10.5. The predicted octanol–water partition coefficient (Wildman–Crippen LogP) is 2.50. The lowest BCUT2D eigenvalue weighted by atomic mass is 10.2. The molecule has 0 amide bonds. The zero-order valence-corrected chi connectivity index (χ0v) is 11.1. The van der Waals surface area contributed by atoms with Crippen LogP contribution in [-0.2, 0) is 0 Å². The molecule has 0 bridgehead atoms. The fourth-order valence-corrected chi connectivity index (χ4v) is 0.891. The number of oxime groups is 1. The summed E-state index contributed by atoms with van der Waals surface area (Å²) < 4.78 is 0. The highest BCUT2D eigenvalue weighted by Crippen LogP contribution is 2.03. The van der Waals surface area contributed by atoms with Crippen molar-refractivity contribution in [3.8, 4) is 0 Å². The average molecular weight is 237 g/mol. The van der Waals surface area contributed by atoms with Crippen LogP contribution in [0.15, 0.2) is 53.9 Å². The summed E-state index contributed by atoms with van der Waals surface area (Å²) in [6.45, 7) is 11.2. The van der Waals surface area contributed by atoms with Crippen LogP contribution in [0.3, 0.4) is 0 Å². The Kier molecular flexibility index (Phi) is 10.8. The molecule has 0 saturated carbocycles. The van der Waals surface area contributed by atoms with Crippen LogP contribution >= 0.6 is 0 Å². The highest BCUT2D eigenvalue weighted by molar-refractivity contribution is 5.99. The Labute approximate surface area is 104 Å². The van der Waals surface area contributed by atoms with Crippen LogP contribution in [0.1, 0.15) is 13.8 Å². The summed E-state index contributed by atoms with van der Waals surface area (Å²) in [5.41, 5.74) is 6.89. The van der Waals surface area contributed by atoms with Gasteiger partial charge in [-0.05, 0) is 18.2 Å². The molecule has 0 radical (unpaired) electrons. The maximum absolute atomic E-state index is 8.49. The quantitative estimate of drug-likeness (QED) is 0.254. The first-order valence-corrected chi connectivity index (χ1v) is 5.38. The molecule has 0 aromatic rings. The Balaban J connectivity index is 0. The molecule has 0 aromatic carbocycles. The van der Waals surface area contributed by atoms with Crippen molar-refractivity contribution >= 4 is 5.84 Å². The molecule has 0 aliphatic rings. The highest BCUT2D eigenvalue weighted by Gasteiger charge is 1.97. The van der Waals surface area contributed by atoms with Crippen LogP contribution < -0.4 is 5.73 Å². The molecule has 0 saturated heterocycles. The van der Waals surface area contributed by atoms with E-state index in [0.717, 1.165) is 5.70 Å². The van der Waals surface area contributed by atoms with Crippen molar-refractivity contribution in [2.75, 3.05) is 14.1 Å². The Morgan fingerprint density at radius 2 is 1.71 bits per heavy atom. The predicted molar refractivity (Wildman–Crippen MR) is 75.0 cm³/mol. The molecule has 0 heterocycles. The summed E-state index contributed by atoms with van der Waals surface area (Å²) in [4.78, 5) is 1.90. The SMILES string of the molecule is C=CC(=C\C=C(/C=C)N(C)C)/C(N)=N/O.CC. The van der Waals surface area contributed by atoms with E-state index in [0.29, 0.717) is 5.57 Å². The molecular weight excluding hydrogens is 214 g/mol. The molecule has 3 N–H and O–H groups in total. The molecule has 4 nitrogen and oxygen atoms in total. The van der Waals surface area contributed by atoms with Crippen molar-refractivity contribution in [3.05, 3.63) is 48.7 Å². The van der Waals surface area contributed by atoms with Gasteiger partial charge in [-0.2, -0.15) is 0 Å². The minimum atomic E-state index is 0.0309. The Morgan fingerprint density at radius 3 is 2.00 bits per heavy atom. The Bertz CT molecular complexity index is 326. The molecule has 0 atom stereocenters. The summed E-state index contributed by atoms with van der Waals surface area (Å²) >= 11 is 0. The molecule has 0 aliphatic carbocycles. The number of hydrogen-bond acceptors (Lipinski definition) is 3. The average Bonchev–Trinajstić information content (AvgIpc) is 2.36. The van der Waals surface area contributed by atoms with E-state index in [1.165, 1.54) is 6.08 Å². The molecule has 0 unspecified atom stereocenters. The molecule has 0 rings (SSSR count). The van der Waals surface area contributed by atoms with Crippen LogP contribution in [0.2, 0.25) is 0 Å². The summed E-state index contributed by atoms with van der Waals surface area (Å²) in [5, 5.41) is 11.4. The second-order valence-corrected chi connectivity index (χ2v) is 3.00. The van der Waals surface area contributed by atoms with Gasteiger partial charge in [-0.1, -0.05) is 38.2 Å². The largest absolute Gasteiger partial charge is 0.409 e. The number of likely N-dealkylation sites (N-methyl/N-ethyl adjacent to an activating group) is 1. The zero-order chi connectivity index (χ0) is 13.8. The number of allylic oxidation sites excluding steroid dienone is 3. The lowest BCUT2D eigenvalue weighted by Crippen LogP contribution is -2.13. The number of amidine groups is 1. The summed E-state index contributed by atoms with van der Waals surface area (Å²) in [6.07, 6.45) is 6.74. The first kappa shape index (κ1) is 17.4. The van der Waals surface area contributed by atoms with Crippen molar-refractivity contribution in [2.45, 2.75) is 13.8 Å². The fourth-order valence-electron chi connectivity index (χ4n) is 0.891. The van der Waals surface area contributed by atoms with Crippen molar-refractivity contribution in [1.29, 1.82) is 0 Å². The molecule has 0 aliphatic heterocycles. The van der Waals surface area contributed by atoms with Gasteiger partial charge in [0, 0.05) is 25.4 Å². The van der Waals surface area contributed by atoms with Crippen molar-refractivity contribution in [1.82, 2.24) is 4.90 Å². The van der Waals surface area contributed by atoms with Gasteiger partial charge in [-0.25, -0.2) is 0 Å². The standard InChI is InChI=1S/C11H17N3O.C2H6/c1-5-9(11(12)13-15)7-8-10(6-2)14(3)4;1-2/h5-8,15H,1-2H2,3-4H3,(H2,12,13);1-2H3/b9-7+,10-8+;. The molecule has 0 fully saturated rings. The maximum atomic E-state index is 8.49. The molecule has 17 heavy (non-hydrogen) atoms. The zero-order valence-electron chi connectivity index (χ0n) is 11.1. The molecule has 0 spiro atoms. The minimum Gasteiger partial charge on any atom is -0.409 e. The van der Waals surface area contributed by atoms with Gasteiger partial charge in [-0.15, -0.1) is 0 Å². The number of hydrogen-bond donors (Lipinski definition) is 2. The van der Waals surface area contributed by atoms with E-state index in [9.17, 15) is 0 Å². The summed E-state index contributed by atoms with van der Waals surface area (Å²) in [6, 6.07) is 0. The van der Waals surface area contributed by atoms with Gasteiger partial charge in [0.1, 0.15) is 0 Å². The maximum Gasteiger partial charge on any atom is 0.170 e. The molecule has 0 aromatic heterocycles. The van der Waals surface area contributed by atoms with E-state index in [1.54, 1.807) is 12.2 Å². The van der Waals surface area contributed by atoms with Crippen molar-refractivity contribution < 1.29 is 5.21 Å². The van der Waals surface area contributed by atoms with Gasteiger partial charge in [0.2, 0.25) is 0 Å². The lowest BCUT2D eigenvalue weighted by molar-refractivity contribution is 0.318. The molecule has 4 heteroatoms. The van der Waals surface area contributed by atoms with Crippen LogP contribution in [0, 0.1) is 0 Å². The van der Waals surface area contributed by atoms with E-state index in [2.05, 4.69) is 18.3 Å². The van der Waals surface area contributed by atoms with E-state index >= 15 is 0 Å². The van der Waals surface area contributed by atoms with Crippen LogP contribution in [-0.4, -0.2) is 30.0 Å². The normalized spacial score (nSPS) is 12.4. The first-order valence-electron chi connectivity index (χ1n) is 5.38. The highest BCUT2D eigenvalue weighted by atomic mass is 16.4. The molecule has 96 valence electrons. The van der Waals surface area contributed by atoms with Gasteiger partial charge in [0.05, 0.1) is 0 Å². The van der Waals surface area contributed by atoms with E-state index in [-0.39, 0.29) is 5.84 Å². The van der Waals surface area contributed by atoms with Gasteiger partial charge < -0.3 is 15.8 Å². The van der Waals surface area contributed by atoms with Gasteiger partial charge in [0.25, 0.3) is 0 Å². The topological polar surface area (TPSA) is 61.8 Å². The third kappa shape index (κ3) is 7.00. The number of nitrogens with zero attached hydrogens (tertiary/aromatic N) is 2. The van der Waals surface area contributed by atoms with E-state index in [1.807, 2.05) is 38.9 Å². The number of rotatable bonds is 5. The Morgan fingerprint density at radius 1 is 1.18 bits per heavy atom. The van der Waals surface area contributed by atoms with Crippen LogP contribution in [0.5, 0.6) is 0 Å². The smallest absolute Gasteiger partial charge is 0.170 e. The van der Waals surface area contributed by atoms with Crippen LogP contribution in [0.4, 0.5) is 0 Å². The first-order chi connectivity index (χ1) is 8.06. The minimum absolute atomic E-state index is 0.0309. The second-order valence-electron chi connectivity index (χ2n) is 3.00. The van der Waals surface area contributed by atoms with Gasteiger partial charge in [-0.3, -0.25) is 0 Å². The monoisotopic (exact) mass is 237 g/mol.